The van der Waals surface area contributed by atoms with Gasteiger partial charge in [-0.1, -0.05) is 29.3 Å². The van der Waals surface area contributed by atoms with Crippen molar-refractivity contribution in [2.24, 2.45) is 0 Å². The lowest BCUT2D eigenvalue weighted by atomic mass is 9.99. The molecule has 1 unspecified atom stereocenters. The molecule has 0 fully saturated rings. The van der Waals surface area contributed by atoms with E-state index < -0.39 is 0 Å². The van der Waals surface area contributed by atoms with Crippen LogP contribution in [-0.4, -0.2) is 12.1 Å². The number of halogens is 2. The molecule has 1 aromatic rings. The van der Waals surface area contributed by atoms with Gasteiger partial charge < -0.3 is 5.01 Å². The maximum Gasteiger partial charge on any atom is 0.0888 e. The number of nitrogens with one attached hydrogen (secondary N) is 1. The third-order valence-corrected chi connectivity index (χ3v) is 4.18. The van der Waals surface area contributed by atoms with Gasteiger partial charge in [0.25, 0.3) is 0 Å². The number of benzene rings is 1. The lowest BCUT2D eigenvalue weighted by Crippen LogP contribution is -2.29. The van der Waals surface area contributed by atoms with Crippen LogP contribution in [0.2, 0.25) is 5.02 Å². The van der Waals surface area contributed by atoms with E-state index in [4.69, 9.17) is 23.2 Å². The predicted molar refractivity (Wildman–Crippen MR) is 73.1 cm³/mol. The molecule has 92 valence electrons. The number of hydrogen-bond donors (Lipinski definition) is 1. The Balaban J connectivity index is 2.47. The van der Waals surface area contributed by atoms with Gasteiger partial charge in [-0.3, -0.25) is 0 Å². The first-order valence-corrected chi connectivity index (χ1v) is 6.30. The van der Waals surface area contributed by atoms with Crippen LogP contribution in [0.1, 0.15) is 29.7 Å². The van der Waals surface area contributed by atoms with E-state index >= 15 is 0 Å². The van der Waals surface area contributed by atoms with Crippen molar-refractivity contribution in [1.82, 2.24) is 10.4 Å². The van der Waals surface area contributed by atoms with E-state index in [1.54, 1.807) is 0 Å². The second kappa shape index (κ2) is 4.52. The topological polar surface area (TPSA) is 15.3 Å². The van der Waals surface area contributed by atoms with E-state index in [0.29, 0.717) is 0 Å². The Labute approximate surface area is 112 Å². The monoisotopic (exact) mass is 270 g/mol. The molecule has 1 aliphatic heterocycles. The van der Waals surface area contributed by atoms with Crippen LogP contribution in [0.25, 0.3) is 0 Å². The fourth-order valence-corrected chi connectivity index (χ4v) is 2.55. The minimum absolute atomic E-state index is 0.0395. The third kappa shape index (κ3) is 2.17. The number of hydrogen-bond acceptors (Lipinski definition) is 2. The Bertz CT molecular complexity index is 494. The standard InChI is InChI=1S/C13H16Cl2N2/c1-7-6-11(14)8(2)5-10(7)13-12(15)9(3)17(4)16-13/h5-6,13,16H,1-4H3. The molecule has 0 saturated heterocycles. The van der Waals surface area contributed by atoms with Crippen molar-refractivity contribution in [3.63, 3.8) is 0 Å². The summed E-state index contributed by atoms with van der Waals surface area (Å²) in [5, 5.41) is 3.60. The van der Waals surface area contributed by atoms with Gasteiger partial charge in [0.05, 0.1) is 11.1 Å². The molecule has 4 heteroatoms. The highest BCUT2D eigenvalue weighted by Crippen LogP contribution is 2.36. The van der Waals surface area contributed by atoms with Crippen LogP contribution in [0.3, 0.4) is 0 Å². The van der Waals surface area contributed by atoms with Crippen molar-refractivity contribution >= 4 is 23.2 Å². The summed E-state index contributed by atoms with van der Waals surface area (Å²) in [6.45, 7) is 6.07. The summed E-state index contributed by atoms with van der Waals surface area (Å²) in [6, 6.07) is 4.13. The van der Waals surface area contributed by atoms with Crippen LogP contribution in [-0.2, 0) is 0 Å². The Morgan fingerprint density at radius 2 is 1.76 bits per heavy atom. The first-order valence-electron chi connectivity index (χ1n) is 5.54. The number of hydrazine groups is 1. The van der Waals surface area contributed by atoms with Crippen molar-refractivity contribution in [2.45, 2.75) is 26.8 Å². The second-order valence-corrected chi connectivity index (χ2v) is 5.33. The van der Waals surface area contributed by atoms with Crippen LogP contribution in [0.15, 0.2) is 22.9 Å². The normalized spacial score (nSPS) is 20.4. The maximum absolute atomic E-state index is 6.36. The number of aryl methyl sites for hydroxylation is 2. The lowest BCUT2D eigenvalue weighted by Gasteiger charge is -2.19. The molecular weight excluding hydrogens is 255 g/mol. The molecule has 2 nitrogen and oxygen atoms in total. The Hall–Kier alpha value is -0.700. The molecule has 0 amide bonds. The Morgan fingerprint density at radius 1 is 1.12 bits per heavy atom. The van der Waals surface area contributed by atoms with Gasteiger partial charge in [0.2, 0.25) is 0 Å². The molecule has 2 rings (SSSR count). The van der Waals surface area contributed by atoms with Gasteiger partial charge in [-0.25, -0.2) is 5.43 Å². The molecule has 0 bridgehead atoms. The van der Waals surface area contributed by atoms with E-state index in [2.05, 4.69) is 18.4 Å². The van der Waals surface area contributed by atoms with E-state index in [1.165, 1.54) is 5.56 Å². The van der Waals surface area contributed by atoms with Gasteiger partial charge in [-0.2, -0.15) is 0 Å². The predicted octanol–water partition coefficient (Wildman–Crippen LogP) is 3.92. The average Bonchev–Trinajstić information content (AvgIpc) is 2.51. The number of allylic oxidation sites excluding steroid dienone is 1. The first kappa shape index (κ1) is 12.7. The summed E-state index contributed by atoms with van der Waals surface area (Å²) in [4.78, 5) is 0. The summed E-state index contributed by atoms with van der Waals surface area (Å²) in [7, 11) is 1.97. The van der Waals surface area contributed by atoms with Crippen molar-refractivity contribution in [1.29, 1.82) is 0 Å². The van der Waals surface area contributed by atoms with Gasteiger partial charge in [0.1, 0.15) is 0 Å². The van der Waals surface area contributed by atoms with Gasteiger partial charge >= 0.3 is 0 Å². The SMILES string of the molecule is CC1=C(Cl)C(c2cc(C)c(Cl)cc2C)NN1C. The fraction of sp³-hybridized carbons (Fsp3) is 0.385. The van der Waals surface area contributed by atoms with Crippen molar-refractivity contribution < 1.29 is 0 Å². The van der Waals surface area contributed by atoms with Gasteiger partial charge in [-0.05, 0) is 43.5 Å². The largest absolute Gasteiger partial charge is 0.314 e. The second-order valence-electron chi connectivity index (χ2n) is 4.51. The number of nitrogens with zero attached hydrogens (tertiary/aromatic N) is 1. The zero-order valence-electron chi connectivity index (χ0n) is 10.4. The summed E-state index contributed by atoms with van der Waals surface area (Å²) < 4.78 is 0. The molecular formula is C13H16Cl2N2. The van der Waals surface area contributed by atoms with E-state index in [1.807, 2.05) is 32.0 Å². The Kier molecular flexibility index (Phi) is 3.39. The molecule has 1 N–H and O–H groups in total. The molecule has 1 atom stereocenters. The Morgan fingerprint density at radius 3 is 2.29 bits per heavy atom. The average molecular weight is 271 g/mol. The quantitative estimate of drug-likeness (QED) is 0.832. The molecule has 1 aromatic carbocycles. The zero-order valence-corrected chi connectivity index (χ0v) is 11.9. The smallest absolute Gasteiger partial charge is 0.0888 e. The highest BCUT2D eigenvalue weighted by molar-refractivity contribution is 6.31. The highest BCUT2D eigenvalue weighted by Gasteiger charge is 2.28. The fourth-order valence-electron chi connectivity index (χ4n) is 2.04. The van der Waals surface area contributed by atoms with Crippen LogP contribution in [0, 0.1) is 13.8 Å². The molecule has 17 heavy (non-hydrogen) atoms. The summed E-state index contributed by atoms with van der Waals surface area (Å²) in [5.74, 6) is 0. The van der Waals surface area contributed by atoms with Crippen molar-refractivity contribution in [3.8, 4) is 0 Å². The highest BCUT2D eigenvalue weighted by atomic mass is 35.5. The van der Waals surface area contributed by atoms with Gasteiger partial charge in [0, 0.05) is 17.8 Å². The molecule has 1 heterocycles. The van der Waals surface area contributed by atoms with Crippen LogP contribution >= 0.6 is 23.2 Å². The van der Waals surface area contributed by atoms with E-state index in [9.17, 15) is 0 Å². The summed E-state index contributed by atoms with van der Waals surface area (Å²) in [6.07, 6.45) is 0. The zero-order chi connectivity index (χ0) is 12.7. The van der Waals surface area contributed by atoms with Crippen LogP contribution < -0.4 is 5.43 Å². The molecule has 0 aromatic heterocycles. The van der Waals surface area contributed by atoms with Crippen LogP contribution in [0.5, 0.6) is 0 Å². The third-order valence-electron chi connectivity index (χ3n) is 3.28. The molecule has 0 saturated carbocycles. The number of rotatable bonds is 1. The lowest BCUT2D eigenvalue weighted by molar-refractivity contribution is 0.310. The van der Waals surface area contributed by atoms with Crippen LogP contribution in [0.4, 0.5) is 0 Å². The van der Waals surface area contributed by atoms with E-state index in [0.717, 1.165) is 26.9 Å². The van der Waals surface area contributed by atoms with Gasteiger partial charge in [0.15, 0.2) is 0 Å². The molecule has 0 aliphatic carbocycles. The molecule has 0 spiro atoms. The van der Waals surface area contributed by atoms with Crippen molar-refractivity contribution in [2.75, 3.05) is 7.05 Å². The van der Waals surface area contributed by atoms with Crippen molar-refractivity contribution in [3.05, 3.63) is 44.6 Å². The van der Waals surface area contributed by atoms with Gasteiger partial charge in [-0.15, -0.1) is 0 Å². The first-order chi connectivity index (χ1) is 7.91. The summed E-state index contributed by atoms with van der Waals surface area (Å²) >= 11 is 12.5. The van der Waals surface area contributed by atoms with E-state index in [-0.39, 0.29) is 6.04 Å². The molecule has 0 radical (unpaired) electrons. The maximum atomic E-state index is 6.36. The summed E-state index contributed by atoms with van der Waals surface area (Å²) in [5.41, 5.74) is 7.81. The minimum atomic E-state index is 0.0395. The minimum Gasteiger partial charge on any atom is -0.314 e. The molecule has 1 aliphatic rings.